The molecule has 1 aromatic heterocycles. The minimum atomic E-state index is -0.234. The van der Waals surface area contributed by atoms with Gasteiger partial charge in [0.1, 0.15) is 0 Å². The van der Waals surface area contributed by atoms with Crippen molar-refractivity contribution >= 4 is 11.7 Å². The van der Waals surface area contributed by atoms with Crippen LogP contribution in [0.1, 0.15) is 13.8 Å². The summed E-state index contributed by atoms with van der Waals surface area (Å²) in [6.45, 7) is 5.21. The second kappa shape index (κ2) is 6.69. The first kappa shape index (κ1) is 14.8. The van der Waals surface area contributed by atoms with E-state index in [-0.39, 0.29) is 11.6 Å². The van der Waals surface area contributed by atoms with Crippen molar-refractivity contribution in [1.29, 1.82) is 0 Å². The van der Waals surface area contributed by atoms with E-state index in [0.717, 1.165) is 11.3 Å². The number of amides is 2. The number of anilines is 1. The fraction of sp³-hybridized carbons (Fsp3) is 0.267. The van der Waals surface area contributed by atoms with Crippen LogP contribution in [-0.4, -0.2) is 34.0 Å². The third-order valence-electron chi connectivity index (χ3n) is 3.15. The maximum Gasteiger partial charge on any atom is 0.321 e. The molecule has 1 heterocycles. The van der Waals surface area contributed by atoms with Crippen LogP contribution in [0.2, 0.25) is 0 Å². The molecular weight excluding hydrogens is 268 g/mol. The van der Waals surface area contributed by atoms with Crippen LogP contribution in [0.25, 0.3) is 11.3 Å². The first-order valence-electron chi connectivity index (χ1n) is 6.85. The van der Waals surface area contributed by atoms with Crippen LogP contribution in [0.4, 0.5) is 10.5 Å². The Morgan fingerprint density at radius 2 is 1.90 bits per heavy atom. The summed E-state index contributed by atoms with van der Waals surface area (Å²) in [4.78, 5) is 31.2. The quantitative estimate of drug-likeness (QED) is 0.905. The minimum Gasteiger partial charge on any atom is -0.326 e. The lowest BCUT2D eigenvalue weighted by atomic mass is 10.1. The van der Waals surface area contributed by atoms with E-state index in [1.807, 2.05) is 38.1 Å². The van der Waals surface area contributed by atoms with E-state index in [1.54, 1.807) is 11.1 Å². The van der Waals surface area contributed by atoms with Gasteiger partial charge in [-0.3, -0.25) is 4.79 Å². The van der Waals surface area contributed by atoms with Crippen LogP contribution < -0.4 is 10.9 Å². The molecule has 21 heavy (non-hydrogen) atoms. The van der Waals surface area contributed by atoms with Crippen molar-refractivity contribution in [1.82, 2.24) is 14.9 Å². The standard InChI is InChI=1S/C15H18N4O2/c1-3-19(4-2)15(21)18-12-7-5-11(6-8-12)13-9-17-14(20)10-16-13/h5-10H,3-4H2,1-2H3,(H,17,20)(H,18,21). The average Bonchev–Trinajstić information content (AvgIpc) is 2.50. The number of hydrogen-bond acceptors (Lipinski definition) is 3. The van der Waals surface area contributed by atoms with Crippen molar-refractivity contribution in [2.75, 3.05) is 18.4 Å². The molecule has 0 fully saturated rings. The fourth-order valence-electron chi connectivity index (χ4n) is 1.94. The van der Waals surface area contributed by atoms with E-state index in [1.165, 1.54) is 6.20 Å². The van der Waals surface area contributed by atoms with Gasteiger partial charge in [0.2, 0.25) is 0 Å². The molecule has 6 heteroatoms. The number of carbonyl (C=O) groups excluding carboxylic acids is 1. The minimum absolute atomic E-state index is 0.116. The van der Waals surface area contributed by atoms with Crippen molar-refractivity contribution in [3.05, 3.63) is 47.0 Å². The molecule has 1 aromatic carbocycles. The molecule has 0 aliphatic heterocycles. The monoisotopic (exact) mass is 286 g/mol. The number of benzene rings is 1. The van der Waals surface area contributed by atoms with E-state index in [0.29, 0.717) is 18.8 Å². The van der Waals surface area contributed by atoms with Gasteiger partial charge >= 0.3 is 6.03 Å². The van der Waals surface area contributed by atoms with E-state index >= 15 is 0 Å². The smallest absolute Gasteiger partial charge is 0.321 e. The Labute approximate surface area is 122 Å². The molecule has 0 unspecified atom stereocenters. The average molecular weight is 286 g/mol. The van der Waals surface area contributed by atoms with Crippen LogP contribution >= 0.6 is 0 Å². The molecule has 0 saturated heterocycles. The Hall–Kier alpha value is -2.63. The summed E-state index contributed by atoms with van der Waals surface area (Å²) in [6.07, 6.45) is 2.80. The lowest BCUT2D eigenvalue weighted by Gasteiger charge is -2.19. The molecule has 6 nitrogen and oxygen atoms in total. The van der Waals surface area contributed by atoms with Crippen molar-refractivity contribution in [3.63, 3.8) is 0 Å². The Morgan fingerprint density at radius 3 is 2.43 bits per heavy atom. The third kappa shape index (κ3) is 3.68. The van der Waals surface area contributed by atoms with E-state index in [2.05, 4.69) is 15.3 Å². The number of urea groups is 1. The molecule has 0 radical (unpaired) electrons. The first-order valence-corrected chi connectivity index (χ1v) is 6.85. The summed E-state index contributed by atoms with van der Waals surface area (Å²) >= 11 is 0. The summed E-state index contributed by atoms with van der Waals surface area (Å²) in [5.41, 5.74) is 2.03. The number of aromatic nitrogens is 2. The molecule has 110 valence electrons. The van der Waals surface area contributed by atoms with Crippen LogP contribution in [0.5, 0.6) is 0 Å². The molecule has 0 aliphatic carbocycles. The topological polar surface area (TPSA) is 78.1 Å². The Morgan fingerprint density at radius 1 is 1.24 bits per heavy atom. The normalized spacial score (nSPS) is 10.2. The molecule has 2 N–H and O–H groups in total. The second-order valence-electron chi connectivity index (χ2n) is 4.48. The highest BCUT2D eigenvalue weighted by atomic mass is 16.2. The van der Waals surface area contributed by atoms with Gasteiger partial charge in [-0.1, -0.05) is 12.1 Å². The van der Waals surface area contributed by atoms with Crippen molar-refractivity contribution < 1.29 is 4.79 Å². The number of carbonyl (C=O) groups is 1. The molecule has 0 bridgehead atoms. The summed E-state index contributed by atoms with van der Waals surface area (Å²) in [5.74, 6) is 0. The Bertz CT molecular complexity index is 640. The molecule has 2 aromatic rings. The SMILES string of the molecule is CCN(CC)C(=O)Nc1ccc(-c2c[nH]c(=O)cn2)cc1. The number of nitrogens with one attached hydrogen (secondary N) is 2. The van der Waals surface area contributed by atoms with Gasteiger partial charge in [0.25, 0.3) is 5.56 Å². The van der Waals surface area contributed by atoms with Crippen LogP contribution in [0.3, 0.4) is 0 Å². The molecular formula is C15H18N4O2. The highest BCUT2D eigenvalue weighted by molar-refractivity contribution is 5.89. The van der Waals surface area contributed by atoms with Gasteiger partial charge in [0.15, 0.2) is 0 Å². The molecule has 0 saturated carbocycles. The zero-order valence-electron chi connectivity index (χ0n) is 12.1. The van der Waals surface area contributed by atoms with Gasteiger partial charge in [-0.15, -0.1) is 0 Å². The molecule has 0 atom stereocenters. The van der Waals surface area contributed by atoms with Crippen molar-refractivity contribution in [2.45, 2.75) is 13.8 Å². The number of rotatable bonds is 4. The molecule has 2 amide bonds. The van der Waals surface area contributed by atoms with E-state index < -0.39 is 0 Å². The zero-order chi connectivity index (χ0) is 15.2. The summed E-state index contributed by atoms with van der Waals surface area (Å²) in [7, 11) is 0. The van der Waals surface area contributed by atoms with Crippen LogP contribution in [-0.2, 0) is 0 Å². The molecule has 2 rings (SSSR count). The zero-order valence-corrected chi connectivity index (χ0v) is 12.1. The van der Waals surface area contributed by atoms with Gasteiger partial charge < -0.3 is 15.2 Å². The number of hydrogen-bond donors (Lipinski definition) is 2. The molecule has 0 spiro atoms. The Kier molecular flexibility index (Phi) is 4.71. The maximum atomic E-state index is 11.9. The lowest BCUT2D eigenvalue weighted by Crippen LogP contribution is -2.34. The van der Waals surface area contributed by atoms with Crippen LogP contribution in [0.15, 0.2) is 41.5 Å². The molecule has 0 aliphatic rings. The first-order chi connectivity index (χ1) is 10.1. The van der Waals surface area contributed by atoms with E-state index in [9.17, 15) is 9.59 Å². The number of H-pyrrole nitrogens is 1. The number of nitrogens with zero attached hydrogens (tertiary/aromatic N) is 2. The second-order valence-corrected chi connectivity index (χ2v) is 4.48. The maximum absolute atomic E-state index is 11.9. The largest absolute Gasteiger partial charge is 0.326 e. The van der Waals surface area contributed by atoms with Crippen molar-refractivity contribution in [3.8, 4) is 11.3 Å². The summed E-state index contributed by atoms with van der Waals surface area (Å²) in [6, 6.07) is 7.19. The third-order valence-corrected chi connectivity index (χ3v) is 3.15. The van der Waals surface area contributed by atoms with E-state index in [4.69, 9.17) is 0 Å². The highest BCUT2D eigenvalue weighted by Crippen LogP contribution is 2.18. The van der Waals surface area contributed by atoms with Crippen molar-refractivity contribution in [2.24, 2.45) is 0 Å². The van der Waals surface area contributed by atoms with Gasteiger partial charge in [-0.25, -0.2) is 9.78 Å². The Balaban J connectivity index is 2.10. The fourth-order valence-corrected chi connectivity index (χ4v) is 1.94. The van der Waals surface area contributed by atoms with Gasteiger partial charge in [-0.2, -0.15) is 0 Å². The lowest BCUT2D eigenvalue weighted by molar-refractivity contribution is 0.217. The van der Waals surface area contributed by atoms with Gasteiger partial charge in [-0.05, 0) is 26.0 Å². The predicted octanol–water partition coefficient (Wildman–Crippen LogP) is 2.31. The summed E-state index contributed by atoms with van der Waals surface area (Å²) in [5, 5.41) is 2.84. The van der Waals surface area contributed by atoms with Crippen LogP contribution in [0, 0.1) is 0 Å². The number of aromatic amines is 1. The van der Waals surface area contributed by atoms with Gasteiger partial charge in [0.05, 0.1) is 11.9 Å². The highest BCUT2D eigenvalue weighted by Gasteiger charge is 2.09. The summed E-state index contributed by atoms with van der Waals surface area (Å²) < 4.78 is 0. The predicted molar refractivity (Wildman–Crippen MR) is 82.2 cm³/mol. The van der Waals surface area contributed by atoms with Gasteiger partial charge in [0, 0.05) is 30.5 Å².